The van der Waals surface area contributed by atoms with Crippen molar-refractivity contribution in [3.63, 3.8) is 0 Å². The topological polar surface area (TPSA) is 70.3 Å². The normalized spacial score (nSPS) is 19.7. The Morgan fingerprint density at radius 1 is 1.30 bits per heavy atom. The van der Waals surface area contributed by atoms with Crippen LogP contribution in [-0.2, 0) is 9.53 Å². The number of imidazole rings is 1. The number of carbonyl (C=O) groups excluding carboxylic acids is 1. The minimum atomic E-state index is -0.363. The lowest BCUT2D eigenvalue weighted by Crippen LogP contribution is -2.19. The summed E-state index contributed by atoms with van der Waals surface area (Å²) in [7, 11) is 0. The minimum absolute atomic E-state index is 0.0181. The molecule has 1 aliphatic rings. The van der Waals surface area contributed by atoms with Gasteiger partial charge in [0.2, 0.25) is 0 Å². The fraction of sp³-hybridized carbons (Fsp3) is 0.176. The van der Waals surface area contributed by atoms with Gasteiger partial charge in [0, 0.05) is 10.6 Å². The zero-order valence-corrected chi connectivity index (χ0v) is 13.1. The first-order chi connectivity index (χ1) is 11.1. The van der Waals surface area contributed by atoms with Crippen molar-refractivity contribution >= 4 is 34.2 Å². The monoisotopic (exact) mass is 327 g/mol. The number of para-hydroxylation sites is 1. The maximum absolute atomic E-state index is 12.1. The molecule has 1 fully saturated rings. The van der Waals surface area contributed by atoms with Crippen LogP contribution in [0.4, 0.5) is 5.69 Å². The first-order valence-electron chi connectivity index (χ1n) is 7.33. The summed E-state index contributed by atoms with van der Waals surface area (Å²) < 4.78 is 5.21. The number of hydrogen-bond donors (Lipinski definition) is 2. The van der Waals surface area contributed by atoms with Crippen LogP contribution in [0.15, 0.2) is 42.5 Å². The average Bonchev–Trinajstić information content (AvgIpc) is 3.12. The van der Waals surface area contributed by atoms with Gasteiger partial charge in [0.05, 0.1) is 22.8 Å². The van der Waals surface area contributed by atoms with Gasteiger partial charge in [-0.15, -0.1) is 0 Å². The van der Waals surface area contributed by atoms with Gasteiger partial charge in [0.1, 0.15) is 5.82 Å². The van der Waals surface area contributed by atoms with Crippen molar-refractivity contribution in [3.8, 4) is 11.4 Å². The quantitative estimate of drug-likeness (QED) is 0.722. The standard InChI is InChI=1S/C17H14ClN3O2/c1-9-15(23-9)17(22)21-12-5-3-2-4-11(12)16-19-13-7-6-10(18)8-14(13)20-16/h2-9,15H,1H3,(H,19,20)(H,21,22)/t9-,15+/m0/s1. The molecule has 0 saturated carbocycles. The molecule has 2 atom stereocenters. The van der Waals surface area contributed by atoms with E-state index in [0.717, 1.165) is 16.6 Å². The van der Waals surface area contributed by atoms with Crippen molar-refractivity contribution in [1.29, 1.82) is 0 Å². The Balaban J connectivity index is 1.71. The third-order valence-electron chi connectivity index (χ3n) is 3.85. The molecule has 2 aromatic carbocycles. The Bertz CT molecular complexity index is 906. The maximum atomic E-state index is 12.1. The summed E-state index contributed by atoms with van der Waals surface area (Å²) in [6.45, 7) is 1.87. The third-order valence-corrected chi connectivity index (χ3v) is 4.09. The first-order valence-corrected chi connectivity index (χ1v) is 7.70. The number of ether oxygens (including phenoxy) is 1. The number of amides is 1. The van der Waals surface area contributed by atoms with Crippen LogP contribution >= 0.6 is 11.6 Å². The van der Waals surface area contributed by atoms with Gasteiger partial charge in [0.25, 0.3) is 5.91 Å². The van der Waals surface area contributed by atoms with E-state index in [1.54, 1.807) is 6.07 Å². The lowest BCUT2D eigenvalue weighted by molar-refractivity contribution is -0.117. The summed E-state index contributed by atoms with van der Waals surface area (Å²) in [4.78, 5) is 19.9. The number of nitrogens with one attached hydrogen (secondary N) is 2. The van der Waals surface area contributed by atoms with E-state index in [2.05, 4.69) is 15.3 Å². The largest absolute Gasteiger partial charge is 0.359 e. The van der Waals surface area contributed by atoms with Crippen molar-refractivity contribution < 1.29 is 9.53 Å². The number of aromatic nitrogens is 2. The Morgan fingerprint density at radius 2 is 2.09 bits per heavy atom. The predicted octanol–water partition coefficient (Wildman–Crippen LogP) is 3.61. The summed E-state index contributed by atoms with van der Waals surface area (Å²) in [5, 5.41) is 3.55. The van der Waals surface area contributed by atoms with Crippen LogP contribution in [0.5, 0.6) is 0 Å². The van der Waals surface area contributed by atoms with Crippen LogP contribution in [0.2, 0.25) is 5.02 Å². The highest BCUT2D eigenvalue weighted by atomic mass is 35.5. The minimum Gasteiger partial charge on any atom is -0.359 e. The van der Waals surface area contributed by atoms with E-state index in [1.165, 1.54) is 0 Å². The second kappa shape index (κ2) is 5.37. The van der Waals surface area contributed by atoms with Crippen LogP contribution in [0.25, 0.3) is 22.4 Å². The Labute approximate surface area is 137 Å². The summed E-state index contributed by atoms with van der Waals surface area (Å²) >= 11 is 6.01. The molecule has 1 amide bonds. The number of aromatic amines is 1. The average molecular weight is 328 g/mol. The molecule has 0 unspecified atom stereocenters. The number of rotatable bonds is 3. The molecule has 1 saturated heterocycles. The molecule has 0 aliphatic carbocycles. The number of benzene rings is 2. The highest BCUT2D eigenvalue weighted by molar-refractivity contribution is 6.31. The number of halogens is 1. The third kappa shape index (κ3) is 2.69. The number of hydrogen-bond acceptors (Lipinski definition) is 3. The lowest BCUT2D eigenvalue weighted by atomic mass is 10.1. The van der Waals surface area contributed by atoms with Crippen LogP contribution < -0.4 is 5.32 Å². The molecule has 6 heteroatoms. The van der Waals surface area contributed by atoms with Gasteiger partial charge in [-0.3, -0.25) is 4.79 Å². The number of anilines is 1. The summed E-state index contributed by atoms with van der Waals surface area (Å²) in [5.74, 6) is 0.548. The lowest BCUT2D eigenvalue weighted by Gasteiger charge is -2.08. The van der Waals surface area contributed by atoms with Gasteiger partial charge >= 0.3 is 0 Å². The number of fused-ring (bicyclic) bond motifs is 1. The fourth-order valence-electron chi connectivity index (χ4n) is 2.57. The molecule has 116 valence electrons. The molecule has 1 aromatic heterocycles. The van der Waals surface area contributed by atoms with Gasteiger partial charge in [0.15, 0.2) is 6.10 Å². The zero-order chi connectivity index (χ0) is 16.0. The molecular formula is C17H14ClN3O2. The summed E-state index contributed by atoms with van der Waals surface area (Å²) in [5.41, 5.74) is 3.20. The van der Waals surface area contributed by atoms with Crippen molar-refractivity contribution in [2.75, 3.05) is 5.32 Å². The number of epoxide rings is 1. The van der Waals surface area contributed by atoms with E-state index in [-0.39, 0.29) is 18.1 Å². The predicted molar refractivity (Wildman–Crippen MR) is 89.5 cm³/mol. The van der Waals surface area contributed by atoms with Gasteiger partial charge in [-0.1, -0.05) is 23.7 Å². The van der Waals surface area contributed by atoms with E-state index in [4.69, 9.17) is 16.3 Å². The van der Waals surface area contributed by atoms with Crippen LogP contribution in [0.1, 0.15) is 6.92 Å². The molecule has 2 heterocycles. The van der Waals surface area contributed by atoms with E-state index < -0.39 is 0 Å². The van der Waals surface area contributed by atoms with Crippen molar-refractivity contribution in [1.82, 2.24) is 9.97 Å². The summed E-state index contributed by atoms with van der Waals surface area (Å²) in [6.07, 6.45) is -0.381. The summed E-state index contributed by atoms with van der Waals surface area (Å²) in [6, 6.07) is 13.0. The number of nitrogens with zero attached hydrogens (tertiary/aromatic N) is 1. The number of carbonyl (C=O) groups is 1. The SMILES string of the molecule is C[C@@H]1O[C@H]1C(=O)Nc1ccccc1-c1nc2ccc(Cl)cc2[nH]1. The molecule has 0 spiro atoms. The molecule has 23 heavy (non-hydrogen) atoms. The van der Waals surface area contributed by atoms with Crippen molar-refractivity contribution in [2.45, 2.75) is 19.1 Å². The second-order valence-corrected chi connectivity index (χ2v) is 5.98. The Morgan fingerprint density at radius 3 is 2.87 bits per heavy atom. The van der Waals surface area contributed by atoms with E-state index in [1.807, 2.05) is 43.3 Å². The van der Waals surface area contributed by atoms with Gasteiger partial charge in [-0.05, 0) is 37.3 Å². The van der Waals surface area contributed by atoms with Crippen LogP contribution in [-0.4, -0.2) is 28.1 Å². The van der Waals surface area contributed by atoms with Crippen LogP contribution in [0.3, 0.4) is 0 Å². The van der Waals surface area contributed by atoms with Crippen molar-refractivity contribution in [2.24, 2.45) is 0 Å². The Kier molecular flexibility index (Phi) is 3.32. The molecule has 2 N–H and O–H groups in total. The fourth-order valence-corrected chi connectivity index (χ4v) is 2.74. The molecule has 0 radical (unpaired) electrons. The first kappa shape index (κ1) is 14.2. The molecule has 0 bridgehead atoms. The molecule has 3 aromatic rings. The molecular weight excluding hydrogens is 314 g/mol. The zero-order valence-electron chi connectivity index (χ0n) is 12.3. The molecule has 4 rings (SSSR count). The number of H-pyrrole nitrogens is 1. The smallest absolute Gasteiger partial charge is 0.256 e. The second-order valence-electron chi connectivity index (χ2n) is 5.54. The van der Waals surface area contributed by atoms with E-state index >= 15 is 0 Å². The Hall–Kier alpha value is -2.37. The van der Waals surface area contributed by atoms with Gasteiger partial charge in [-0.2, -0.15) is 0 Å². The molecule has 5 nitrogen and oxygen atoms in total. The highest BCUT2D eigenvalue weighted by Gasteiger charge is 2.41. The van der Waals surface area contributed by atoms with Crippen molar-refractivity contribution in [3.05, 3.63) is 47.5 Å². The maximum Gasteiger partial charge on any atom is 0.256 e. The van der Waals surface area contributed by atoms with Gasteiger partial charge in [-0.25, -0.2) is 4.98 Å². The van der Waals surface area contributed by atoms with E-state index in [0.29, 0.717) is 16.5 Å². The molecule has 1 aliphatic heterocycles. The van der Waals surface area contributed by atoms with Crippen LogP contribution in [0, 0.1) is 0 Å². The highest BCUT2D eigenvalue weighted by Crippen LogP contribution is 2.30. The van der Waals surface area contributed by atoms with Gasteiger partial charge < -0.3 is 15.0 Å². The van der Waals surface area contributed by atoms with E-state index in [9.17, 15) is 4.79 Å².